The zero-order chi connectivity index (χ0) is 13.2. The van der Waals surface area contributed by atoms with Crippen molar-refractivity contribution < 1.29 is 4.79 Å². The van der Waals surface area contributed by atoms with Gasteiger partial charge in [0.05, 0.1) is 0 Å². The summed E-state index contributed by atoms with van der Waals surface area (Å²) in [5.74, 6) is 0.0217. The molecular formula is C14H23N3O. The van der Waals surface area contributed by atoms with Crippen LogP contribution in [0.3, 0.4) is 0 Å². The number of nitrogens with zero attached hydrogens (tertiary/aromatic N) is 1. The van der Waals surface area contributed by atoms with Gasteiger partial charge in [-0.2, -0.15) is 0 Å². The molecule has 1 aromatic rings. The lowest BCUT2D eigenvalue weighted by Crippen LogP contribution is -2.34. The van der Waals surface area contributed by atoms with Crippen molar-refractivity contribution in [1.82, 2.24) is 10.2 Å². The Balaban J connectivity index is 2.42. The molecule has 0 aliphatic heterocycles. The van der Waals surface area contributed by atoms with E-state index < -0.39 is 0 Å². The van der Waals surface area contributed by atoms with Gasteiger partial charge < -0.3 is 11.1 Å². The molecule has 1 aromatic carbocycles. The Morgan fingerprint density at radius 3 is 2.61 bits per heavy atom. The molecule has 0 heterocycles. The molecule has 3 N–H and O–H groups in total. The summed E-state index contributed by atoms with van der Waals surface area (Å²) in [6.45, 7) is 5.65. The number of nitrogens with one attached hydrogen (secondary N) is 1. The summed E-state index contributed by atoms with van der Waals surface area (Å²) in [5.41, 5.74) is 6.84. The molecule has 4 heteroatoms. The highest BCUT2D eigenvalue weighted by molar-refractivity contribution is 5.72. The Bertz CT molecular complexity index is 340. The van der Waals surface area contributed by atoms with Crippen LogP contribution in [-0.2, 0) is 11.3 Å². The zero-order valence-electron chi connectivity index (χ0n) is 11.1. The summed E-state index contributed by atoms with van der Waals surface area (Å²) in [4.78, 5) is 13.2. The lowest BCUT2D eigenvalue weighted by Gasteiger charge is -2.22. The maximum atomic E-state index is 10.8. The second-order valence-corrected chi connectivity index (χ2v) is 4.39. The Morgan fingerprint density at radius 2 is 2.00 bits per heavy atom. The lowest BCUT2D eigenvalue weighted by molar-refractivity contribution is -0.119. The first kappa shape index (κ1) is 14.7. The molecule has 4 nitrogen and oxygen atoms in total. The van der Waals surface area contributed by atoms with E-state index >= 15 is 0 Å². The highest BCUT2D eigenvalue weighted by atomic mass is 16.1. The normalized spacial score (nSPS) is 10.6. The summed E-state index contributed by atoms with van der Waals surface area (Å²) in [6.07, 6.45) is 0.979. The molecule has 0 saturated heterocycles. The average molecular weight is 249 g/mol. The second-order valence-electron chi connectivity index (χ2n) is 4.39. The zero-order valence-corrected chi connectivity index (χ0v) is 11.1. The number of nitrogens with two attached hydrogens (primary N) is 1. The first-order valence-electron chi connectivity index (χ1n) is 6.43. The largest absolute Gasteiger partial charge is 0.355 e. The minimum Gasteiger partial charge on any atom is -0.355 e. The Hall–Kier alpha value is -1.39. The molecule has 1 rings (SSSR count). The van der Waals surface area contributed by atoms with E-state index in [1.165, 1.54) is 5.56 Å². The van der Waals surface area contributed by atoms with Gasteiger partial charge in [-0.05, 0) is 25.1 Å². The van der Waals surface area contributed by atoms with Crippen LogP contribution in [0, 0.1) is 0 Å². The third-order valence-electron chi connectivity index (χ3n) is 2.73. The molecule has 0 radical (unpaired) electrons. The van der Waals surface area contributed by atoms with Crippen molar-refractivity contribution in [3.8, 4) is 0 Å². The number of hydrogen-bond acceptors (Lipinski definition) is 3. The van der Waals surface area contributed by atoms with E-state index in [4.69, 9.17) is 5.73 Å². The van der Waals surface area contributed by atoms with Gasteiger partial charge in [0, 0.05) is 26.6 Å². The monoisotopic (exact) mass is 249 g/mol. The van der Waals surface area contributed by atoms with Gasteiger partial charge in [-0.25, -0.2) is 0 Å². The fourth-order valence-corrected chi connectivity index (χ4v) is 1.82. The van der Waals surface area contributed by atoms with Gasteiger partial charge in [-0.15, -0.1) is 0 Å². The molecular weight excluding hydrogens is 226 g/mol. The topological polar surface area (TPSA) is 58.4 Å². The van der Waals surface area contributed by atoms with Gasteiger partial charge in [0.25, 0.3) is 0 Å². The van der Waals surface area contributed by atoms with Gasteiger partial charge in [-0.3, -0.25) is 9.69 Å². The molecule has 1 amide bonds. The van der Waals surface area contributed by atoms with Crippen molar-refractivity contribution in [2.45, 2.75) is 19.9 Å². The Labute approximate surface area is 109 Å². The fourth-order valence-electron chi connectivity index (χ4n) is 1.82. The molecule has 18 heavy (non-hydrogen) atoms. The first-order chi connectivity index (χ1) is 8.72. The van der Waals surface area contributed by atoms with E-state index in [1.807, 2.05) is 18.2 Å². The van der Waals surface area contributed by atoms with Gasteiger partial charge in [0.15, 0.2) is 0 Å². The van der Waals surface area contributed by atoms with E-state index in [1.54, 1.807) is 6.92 Å². The van der Waals surface area contributed by atoms with Crippen LogP contribution in [0.25, 0.3) is 0 Å². The number of carbonyl (C=O) groups is 1. The third kappa shape index (κ3) is 6.37. The molecule has 0 atom stereocenters. The number of amides is 1. The Morgan fingerprint density at radius 1 is 1.28 bits per heavy atom. The van der Waals surface area contributed by atoms with E-state index in [2.05, 4.69) is 22.3 Å². The maximum absolute atomic E-state index is 10.8. The molecule has 0 unspecified atom stereocenters. The van der Waals surface area contributed by atoms with Crippen LogP contribution in [-0.4, -0.2) is 37.0 Å². The van der Waals surface area contributed by atoms with Crippen LogP contribution >= 0.6 is 0 Å². The molecule has 0 saturated carbocycles. The molecule has 0 aliphatic rings. The number of hydrogen-bond donors (Lipinski definition) is 2. The van der Waals surface area contributed by atoms with Gasteiger partial charge >= 0.3 is 0 Å². The number of carbonyl (C=O) groups excluding carboxylic acids is 1. The highest BCUT2D eigenvalue weighted by Gasteiger charge is 2.05. The van der Waals surface area contributed by atoms with Crippen molar-refractivity contribution in [3.63, 3.8) is 0 Å². The number of benzene rings is 1. The van der Waals surface area contributed by atoms with Crippen LogP contribution in [0.5, 0.6) is 0 Å². The van der Waals surface area contributed by atoms with Crippen molar-refractivity contribution in [3.05, 3.63) is 35.9 Å². The predicted octanol–water partition coefficient (Wildman–Crippen LogP) is 0.974. The average Bonchev–Trinajstić information content (AvgIpc) is 2.36. The molecule has 100 valence electrons. The van der Waals surface area contributed by atoms with Crippen molar-refractivity contribution in [1.29, 1.82) is 0 Å². The van der Waals surface area contributed by atoms with E-state index in [0.29, 0.717) is 13.1 Å². The highest BCUT2D eigenvalue weighted by Crippen LogP contribution is 2.04. The molecule has 0 spiro atoms. The van der Waals surface area contributed by atoms with E-state index in [-0.39, 0.29) is 5.91 Å². The summed E-state index contributed by atoms with van der Waals surface area (Å²) in [6, 6.07) is 10.3. The minimum absolute atomic E-state index is 0.0217. The van der Waals surface area contributed by atoms with Crippen LogP contribution in [0.1, 0.15) is 18.9 Å². The SMILES string of the molecule is CC(=O)NCCN(CCCN)Cc1ccccc1. The standard InChI is InChI=1S/C14H23N3O/c1-13(18)16-9-11-17(10-5-8-15)12-14-6-3-2-4-7-14/h2-4,6-7H,5,8-12,15H2,1H3,(H,16,18). The van der Waals surface area contributed by atoms with Gasteiger partial charge in [-0.1, -0.05) is 30.3 Å². The van der Waals surface area contributed by atoms with E-state index in [0.717, 1.165) is 26.1 Å². The van der Waals surface area contributed by atoms with Gasteiger partial charge in [0.1, 0.15) is 0 Å². The smallest absolute Gasteiger partial charge is 0.216 e. The van der Waals surface area contributed by atoms with Crippen LogP contribution < -0.4 is 11.1 Å². The van der Waals surface area contributed by atoms with Crippen molar-refractivity contribution >= 4 is 5.91 Å². The summed E-state index contributed by atoms with van der Waals surface area (Å²) in [5, 5.41) is 2.83. The lowest BCUT2D eigenvalue weighted by atomic mass is 10.2. The molecule has 0 fully saturated rings. The van der Waals surface area contributed by atoms with Crippen LogP contribution in [0.4, 0.5) is 0 Å². The maximum Gasteiger partial charge on any atom is 0.216 e. The second kappa shape index (κ2) is 8.66. The Kier molecular flexibility index (Phi) is 7.06. The summed E-state index contributed by atoms with van der Waals surface area (Å²) >= 11 is 0. The fraction of sp³-hybridized carbons (Fsp3) is 0.500. The van der Waals surface area contributed by atoms with Crippen molar-refractivity contribution in [2.24, 2.45) is 5.73 Å². The minimum atomic E-state index is 0.0217. The molecule has 0 aromatic heterocycles. The summed E-state index contributed by atoms with van der Waals surface area (Å²) in [7, 11) is 0. The first-order valence-corrected chi connectivity index (χ1v) is 6.43. The van der Waals surface area contributed by atoms with Crippen LogP contribution in [0.15, 0.2) is 30.3 Å². The number of rotatable bonds is 8. The molecule has 0 bridgehead atoms. The van der Waals surface area contributed by atoms with E-state index in [9.17, 15) is 4.79 Å². The summed E-state index contributed by atoms with van der Waals surface area (Å²) < 4.78 is 0. The van der Waals surface area contributed by atoms with Crippen molar-refractivity contribution in [2.75, 3.05) is 26.2 Å². The predicted molar refractivity (Wildman–Crippen MR) is 74.1 cm³/mol. The van der Waals surface area contributed by atoms with Gasteiger partial charge in [0.2, 0.25) is 5.91 Å². The molecule has 0 aliphatic carbocycles. The third-order valence-corrected chi connectivity index (χ3v) is 2.73. The van der Waals surface area contributed by atoms with Crippen LogP contribution in [0.2, 0.25) is 0 Å². The quantitative estimate of drug-likeness (QED) is 0.722.